The molecule has 4 N–H and O–H groups in total. The van der Waals surface area contributed by atoms with E-state index >= 15 is 0 Å². The zero-order valence-electron chi connectivity index (χ0n) is 17.8. The van der Waals surface area contributed by atoms with Crippen molar-refractivity contribution in [1.29, 1.82) is 0 Å². The van der Waals surface area contributed by atoms with Crippen molar-refractivity contribution in [3.63, 3.8) is 0 Å². The summed E-state index contributed by atoms with van der Waals surface area (Å²) < 4.78 is 0. The minimum atomic E-state index is -0.333. The van der Waals surface area contributed by atoms with Crippen molar-refractivity contribution in [2.24, 2.45) is 0 Å². The van der Waals surface area contributed by atoms with Crippen LogP contribution < -0.4 is 0 Å². The molecule has 0 fully saturated rings. The Hall–Kier alpha value is -0.266. The smallest absolute Gasteiger partial charge is 0.107 e. The zero-order valence-corrected chi connectivity index (χ0v) is 19.4. The minimum Gasteiger partial charge on any atom is -0.394 e. The summed E-state index contributed by atoms with van der Waals surface area (Å²) in [7, 11) is 3.77. The molecule has 0 spiro atoms. The van der Waals surface area contributed by atoms with E-state index in [9.17, 15) is 5.11 Å². The van der Waals surface area contributed by atoms with Gasteiger partial charge in [0.2, 0.25) is 0 Å². The molecule has 1 rings (SSSR count). The van der Waals surface area contributed by atoms with Crippen molar-refractivity contribution in [1.82, 2.24) is 4.90 Å². The molecule has 0 heterocycles. The molecule has 0 saturated heterocycles. The Balaban J connectivity index is -0.000000155. The van der Waals surface area contributed by atoms with Crippen LogP contribution in [0.2, 0.25) is 0 Å². The van der Waals surface area contributed by atoms with E-state index in [-0.39, 0.29) is 46.3 Å². The van der Waals surface area contributed by atoms with Gasteiger partial charge in [-0.2, -0.15) is 0 Å². The Kier molecular flexibility index (Phi) is 29.2. The summed E-state index contributed by atoms with van der Waals surface area (Å²) in [6.07, 6.45) is 0.886. The third-order valence-corrected chi connectivity index (χ3v) is 2.13. The molecule has 1 aromatic carbocycles. The molecular formula is C20H41NO4Ti. The van der Waals surface area contributed by atoms with Gasteiger partial charge < -0.3 is 20.4 Å². The van der Waals surface area contributed by atoms with Crippen LogP contribution in [0, 0.1) is 0 Å². The van der Waals surface area contributed by atoms with E-state index in [2.05, 4.69) is 12.1 Å². The number of aryl methyl sites for hydroxylation is 1. The maximum absolute atomic E-state index is 9.51. The van der Waals surface area contributed by atoms with E-state index in [1.54, 1.807) is 41.5 Å². The third kappa shape index (κ3) is 43.8. The molecule has 0 aliphatic rings. The summed E-state index contributed by atoms with van der Waals surface area (Å²) in [6, 6.07) is 10.2. The molecule has 0 bridgehead atoms. The molecule has 0 amide bonds. The average Bonchev–Trinajstić information content (AvgIpc) is 2.44. The van der Waals surface area contributed by atoms with Gasteiger partial charge in [-0.3, -0.25) is 4.90 Å². The first kappa shape index (κ1) is 33.3. The first-order chi connectivity index (χ1) is 11.4. The van der Waals surface area contributed by atoms with Gasteiger partial charge in [0, 0.05) is 40.0 Å². The first-order valence-electron chi connectivity index (χ1n) is 8.82. The minimum absolute atomic E-state index is 0. The SMILES string of the molecule is CC(C)O.CC(C)O.CC(C)O.CN(C)C(O)CCc1ccccc1.[Ti]. The van der Waals surface area contributed by atoms with Gasteiger partial charge in [0.25, 0.3) is 0 Å². The summed E-state index contributed by atoms with van der Waals surface area (Å²) in [5.41, 5.74) is 1.28. The van der Waals surface area contributed by atoms with Gasteiger partial charge in [0.05, 0.1) is 0 Å². The van der Waals surface area contributed by atoms with Gasteiger partial charge in [-0.1, -0.05) is 30.3 Å². The van der Waals surface area contributed by atoms with E-state index < -0.39 is 0 Å². The summed E-state index contributed by atoms with van der Waals surface area (Å²) >= 11 is 0. The zero-order chi connectivity index (χ0) is 20.4. The van der Waals surface area contributed by atoms with Gasteiger partial charge in [0.1, 0.15) is 6.23 Å². The maximum atomic E-state index is 9.51. The van der Waals surface area contributed by atoms with E-state index in [0.717, 1.165) is 12.8 Å². The third-order valence-electron chi connectivity index (χ3n) is 2.13. The van der Waals surface area contributed by atoms with Crippen molar-refractivity contribution >= 4 is 0 Å². The van der Waals surface area contributed by atoms with Crippen molar-refractivity contribution in [2.45, 2.75) is 78.9 Å². The maximum Gasteiger partial charge on any atom is 0.107 e. The van der Waals surface area contributed by atoms with Crippen molar-refractivity contribution in [3.8, 4) is 0 Å². The molecule has 0 saturated carbocycles. The van der Waals surface area contributed by atoms with Crippen LogP contribution in [-0.2, 0) is 28.1 Å². The Morgan fingerprint density at radius 2 is 1.04 bits per heavy atom. The molecule has 5 nitrogen and oxygen atoms in total. The van der Waals surface area contributed by atoms with Crippen LogP contribution in [-0.4, -0.2) is 64.0 Å². The van der Waals surface area contributed by atoms with E-state index in [1.807, 2.05) is 37.2 Å². The summed E-state index contributed by atoms with van der Waals surface area (Å²) in [6.45, 7) is 10.3. The molecule has 1 unspecified atom stereocenters. The van der Waals surface area contributed by atoms with E-state index in [4.69, 9.17) is 15.3 Å². The van der Waals surface area contributed by atoms with E-state index in [0.29, 0.717) is 0 Å². The Morgan fingerprint density at radius 1 is 0.731 bits per heavy atom. The van der Waals surface area contributed by atoms with Gasteiger partial charge in [-0.15, -0.1) is 0 Å². The molecule has 0 aliphatic heterocycles. The summed E-state index contributed by atoms with van der Waals surface area (Å²) in [5, 5.41) is 33.7. The topological polar surface area (TPSA) is 84.2 Å². The number of nitrogens with zero attached hydrogens (tertiary/aromatic N) is 1. The molecule has 1 aromatic rings. The van der Waals surface area contributed by atoms with Crippen LogP contribution in [0.15, 0.2) is 30.3 Å². The fourth-order valence-electron chi connectivity index (χ4n) is 1.20. The molecule has 154 valence electrons. The van der Waals surface area contributed by atoms with Crippen molar-refractivity contribution in [2.75, 3.05) is 14.1 Å². The van der Waals surface area contributed by atoms with Crippen LogP contribution in [0.25, 0.3) is 0 Å². The van der Waals surface area contributed by atoms with Gasteiger partial charge in [-0.25, -0.2) is 0 Å². The quantitative estimate of drug-likeness (QED) is 0.456. The Bertz CT molecular complexity index is 338. The first-order valence-corrected chi connectivity index (χ1v) is 8.82. The van der Waals surface area contributed by atoms with Crippen LogP contribution >= 0.6 is 0 Å². The van der Waals surface area contributed by atoms with Crippen LogP contribution in [0.5, 0.6) is 0 Å². The molecule has 0 aromatic heterocycles. The fourth-order valence-corrected chi connectivity index (χ4v) is 1.20. The van der Waals surface area contributed by atoms with Gasteiger partial charge in [-0.05, 0) is 74.0 Å². The van der Waals surface area contributed by atoms with Crippen molar-refractivity contribution < 1.29 is 42.1 Å². The molecule has 0 radical (unpaired) electrons. The Labute approximate surface area is 176 Å². The van der Waals surface area contributed by atoms with E-state index in [1.165, 1.54) is 5.56 Å². The largest absolute Gasteiger partial charge is 0.394 e. The van der Waals surface area contributed by atoms with Gasteiger partial charge >= 0.3 is 0 Å². The molecule has 1 atom stereocenters. The predicted octanol–water partition coefficient (Wildman–Crippen LogP) is 2.66. The average molecular weight is 407 g/mol. The fraction of sp³-hybridized carbons (Fsp3) is 0.700. The monoisotopic (exact) mass is 407 g/mol. The van der Waals surface area contributed by atoms with Gasteiger partial charge in [0.15, 0.2) is 0 Å². The molecular weight excluding hydrogens is 366 g/mol. The second-order valence-corrected chi connectivity index (χ2v) is 6.75. The Morgan fingerprint density at radius 3 is 1.31 bits per heavy atom. The summed E-state index contributed by atoms with van der Waals surface area (Å²) in [4.78, 5) is 1.82. The number of aliphatic hydroxyl groups excluding tert-OH is 4. The normalized spacial score (nSPS) is 10.8. The molecule has 6 heteroatoms. The summed E-state index contributed by atoms with van der Waals surface area (Å²) in [5.74, 6) is 0. The number of aliphatic hydroxyl groups is 4. The molecule has 0 aliphatic carbocycles. The van der Waals surface area contributed by atoms with Crippen LogP contribution in [0.4, 0.5) is 0 Å². The predicted molar refractivity (Wildman–Crippen MR) is 107 cm³/mol. The standard InChI is InChI=1S/C11H17NO.3C3H8O.Ti/c1-12(2)11(13)9-8-10-6-4-3-5-7-10;3*1-3(2)4;/h3-7,11,13H,8-9H2,1-2H3;3*3-4H,1-2H3;. The van der Waals surface area contributed by atoms with Crippen LogP contribution in [0.1, 0.15) is 53.5 Å². The number of benzene rings is 1. The van der Waals surface area contributed by atoms with Crippen molar-refractivity contribution in [3.05, 3.63) is 35.9 Å². The van der Waals surface area contributed by atoms with Crippen LogP contribution in [0.3, 0.4) is 0 Å². The number of rotatable bonds is 4. The number of hydrogen-bond acceptors (Lipinski definition) is 5. The number of hydrogen-bond donors (Lipinski definition) is 4. The second-order valence-electron chi connectivity index (χ2n) is 6.75. The second kappa shape index (κ2) is 22.8. The molecule has 26 heavy (non-hydrogen) atoms.